The van der Waals surface area contributed by atoms with Gasteiger partial charge in [0.25, 0.3) is 0 Å². The second kappa shape index (κ2) is 9.92. The van der Waals surface area contributed by atoms with Gasteiger partial charge in [-0.05, 0) is 50.1 Å². The number of hydrogen-bond donors (Lipinski definition) is 1. The number of aryl methyl sites for hydroxylation is 1. The number of ether oxygens (including phenoxy) is 2. The van der Waals surface area contributed by atoms with E-state index in [1.807, 2.05) is 48.4 Å². The van der Waals surface area contributed by atoms with Crippen LogP contribution < -0.4 is 5.32 Å². The molecule has 1 fully saturated rings. The molecule has 1 aromatic rings. The Balaban J connectivity index is 1.61. The zero-order valence-electron chi connectivity index (χ0n) is 18.7. The summed E-state index contributed by atoms with van der Waals surface area (Å²) in [7, 11) is 0. The van der Waals surface area contributed by atoms with Gasteiger partial charge >= 0.3 is 5.97 Å². The molecular weight excluding hydrogens is 426 g/mol. The fraction of sp³-hybridized carbons (Fsp3) is 0.458. The van der Waals surface area contributed by atoms with Crippen molar-refractivity contribution in [1.29, 1.82) is 0 Å². The number of allylic oxidation sites excluding steroid dienone is 1. The average molecular weight is 456 g/mol. The highest BCUT2D eigenvalue weighted by Crippen LogP contribution is 2.45. The van der Waals surface area contributed by atoms with Gasteiger partial charge in [0.05, 0.1) is 36.4 Å². The maximum Gasteiger partial charge on any atom is 0.338 e. The van der Waals surface area contributed by atoms with Crippen LogP contribution in [0.1, 0.15) is 50.3 Å². The lowest BCUT2D eigenvalue weighted by molar-refractivity contribution is -0.139. The third kappa shape index (κ3) is 4.61. The summed E-state index contributed by atoms with van der Waals surface area (Å²) < 4.78 is 11.0. The largest absolute Gasteiger partial charge is 0.463 e. The second-order valence-corrected chi connectivity index (χ2v) is 8.92. The second-order valence-electron chi connectivity index (χ2n) is 8.09. The van der Waals surface area contributed by atoms with Crippen LogP contribution in [0, 0.1) is 6.92 Å². The summed E-state index contributed by atoms with van der Waals surface area (Å²) >= 11 is 1.48. The summed E-state index contributed by atoms with van der Waals surface area (Å²) in [5.41, 5.74) is 4.04. The van der Waals surface area contributed by atoms with Crippen molar-refractivity contribution >= 4 is 28.8 Å². The molecule has 32 heavy (non-hydrogen) atoms. The van der Waals surface area contributed by atoms with Crippen molar-refractivity contribution in [3.63, 3.8) is 0 Å². The number of nitrogens with one attached hydrogen (secondary N) is 1. The standard InChI is InChI=1S/C24H29N3O4S/c1-4-30-23(29)21-16(3)26-24-27(22(21)19-10-6-5-8-15(19)2)17(14-32-24)12-20(28)25-13-18-9-7-11-31-18/h5-6,8,10,14,18,22H,4,7,9,11-13H2,1-3H3,(H,25,28)/t18-,22+/m0/s1. The predicted molar refractivity (Wildman–Crippen MR) is 125 cm³/mol. The SMILES string of the molecule is CCOC(=O)C1=C(C)N=C2SC=C(CC(=O)NC[C@@H]3CCCO3)N2[C@@H]1c1ccccc1C. The first-order chi connectivity index (χ1) is 15.5. The van der Waals surface area contributed by atoms with Crippen LogP contribution >= 0.6 is 11.8 Å². The fourth-order valence-electron chi connectivity index (χ4n) is 4.29. The van der Waals surface area contributed by atoms with E-state index in [-0.39, 0.29) is 31.0 Å². The molecule has 0 aliphatic carbocycles. The Labute approximate surface area is 192 Å². The molecule has 2 atom stereocenters. The van der Waals surface area contributed by atoms with Gasteiger partial charge < -0.3 is 19.7 Å². The number of carbonyl (C=O) groups excluding carboxylic acids is 2. The topological polar surface area (TPSA) is 80.2 Å². The molecule has 1 amide bonds. The zero-order chi connectivity index (χ0) is 22.7. The van der Waals surface area contributed by atoms with Gasteiger partial charge in [-0.3, -0.25) is 4.79 Å². The first kappa shape index (κ1) is 22.6. The molecule has 7 nitrogen and oxygen atoms in total. The summed E-state index contributed by atoms with van der Waals surface area (Å²) in [4.78, 5) is 32.4. The van der Waals surface area contributed by atoms with Crippen molar-refractivity contribution in [3.05, 3.63) is 57.8 Å². The molecule has 0 spiro atoms. The molecule has 0 radical (unpaired) electrons. The van der Waals surface area contributed by atoms with Crippen LogP contribution in [0.15, 0.2) is 51.6 Å². The summed E-state index contributed by atoms with van der Waals surface area (Å²) in [5.74, 6) is -0.443. The lowest BCUT2D eigenvalue weighted by atomic mass is 9.91. The van der Waals surface area contributed by atoms with Gasteiger partial charge in [-0.25, -0.2) is 9.79 Å². The number of benzene rings is 1. The fourth-order valence-corrected chi connectivity index (χ4v) is 5.25. The van der Waals surface area contributed by atoms with Crippen LogP contribution in [-0.2, 0) is 19.1 Å². The van der Waals surface area contributed by atoms with Gasteiger partial charge in [-0.15, -0.1) is 0 Å². The number of carbonyl (C=O) groups is 2. The Bertz CT molecular complexity index is 995. The molecular formula is C24H29N3O4S. The predicted octanol–water partition coefficient (Wildman–Crippen LogP) is 3.82. The Hall–Kier alpha value is -2.58. The third-order valence-electron chi connectivity index (χ3n) is 5.87. The number of aliphatic imine (C=N–C) groups is 1. The lowest BCUT2D eigenvalue weighted by Crippen LogP contribution is -2.39. The van der Waals surface area contributed by atoms with Crippen LogP contribution in [0.4, 0.5) is 0 Å². The van der Waals surface area contributed by atoms with Crippen molar-refractivity contribution in [1.82, 2.24) is 10.2 Å². The number of amides is 1. The molecule has 0 unspecified atom stereocenters. The van der Waals surface area contributed by atoms with Crippen molar-refractivity contribution in [2.45, 2.75) is 52.2 Å². The summed E-state index contributed by atoms with van der Waals surface area (Å²) in [6.07, 6.45) is 2.31. The quantitative estimate of drug-likeness (QED) is 0.630. The average Bonchev–Trinajstić information content (AvgIpc) is 3.42. The maximum absolute atomic E-state index is 13.0. The Morgan fingerprint density at radius 1 is 1.31 bits per heavy atom. The van der Waals surface area contributed by atoms with Crippen molar-refractivity contribution in [2.75, 3.05) is 19.8 Å². The molecule has 1 aromatic carbocycles. The van der Waals surface area contributed by atoms with Gasteiger partial charge in [0, 0.05) is 18.8 Å². The van der Waals surface area contributed by atoms with Gasteiger partial charge in [-0.2, -0.15) is 0 Å². The molecule has 8 heteroatoms. The summed E-state index contributed by atoms with van der Waals surface area (Å²) in [6, 6.07) is 7.60. The van der Waals surface area contributed by atoms with Gasteiger partial charge in [0.1, 0.15) is 0 Å². The number of rotatable bonds is 7. The minimum absolute atomic E-state index is 0.0684. The Morgan fingerprint density at radius 2 is 2.12 bits per heavy atom. The van der Waals surface area contributed by atoms with E-state index in [2.05, 4.69) is 10.3 Å². The molecule has 4 rings (SSSR count). The number of nitrogens with zero attached hydrogens (tertiary/aromatic N) is 2. The number of esters is 1. The highest BCUT2D eigenvalue weighted by atomic mass is 32.2. The molecule has 0 bridgehead atoms. The van der Waals surface area contributed by atoms with E-state index in [1.54, 1.807) is 6.92 Å². The molecule has 0 aromatic heterocycles. The van der Waals surface area contributed by atoms with Crippen LogP contribution in [0.5, 0.6) is 0 Å². The first-order valence-electron chi connectivity index (χ1n) is 11.0. The number of fused-ring (bicyclic) bond motifs is 1. The molecule has 3 heterocycles. The number of amidine groups is 1. The smallest absolute Gasteiger partial charge is 0.338 e. The van der Waals surface area contributed by atoms with E-state index in [0.29, 0.717) is 17.8 Å². The highest BCUT2D eigenvalue weighted by Gasteiger charge is 2.41. The first-order valence-corrected chi connectivity index (χ1v) is 11.9. The van der Waals surface area contributed by atoms with Crippen LogP contribution in [0.3, 0.4) is 0 Å². The van der Waals surface area contributed by atoms with Crippen LogP contribution in [0.25, 0.3) is 0 Å². The number of hydrogen-bond acceptors (Lipinski definition) is 7. The minimum atomic E-state index is -0.394. The van der Waals surface area contributed by atoms with E-state index in [9.17, 15) is 9.59 Å². The number of thioether (sulfide) groups is 1. The molecule has 3 aliphatic rings. The van der Waals surface area contributed by atoms with Crippen molar-refractivity contribution in [2.24, 2.45) is 4.99 Å². The van der Waals surface area contributed by atoms with E-state index in [4.69, 9.17) is 9.47 Å². The van der Waals surface area contributed by atoms with E-state index in [1.165, 1.54) is 11.8 Å². The molecule has 3 aliphatic heterocycles. The van der Waals surface area contributed by atoms with Crippen molar-refractivity contribution < 1.29 is 19.1 Å². The van der Waals surface area contributed by atoms with Crippen LogP contribution in [0.2, 0.25) is 0 Å². The van der Waals surface area contributed by atoms with E-state index >= 15 is 0 Å². The summed E-state index contributed by atoms with van der Waals surface area (Å²) in [5, 5.41) is 5.72. The molecule has 1 saturated heterocycles. The molecule has 170 valence electrons. The maximum atomic E-state index is 13.0. The molecule has 0 saturated carbocycles. The third-order valence-corrected chi connectivity index (χ3v) is 6.76. The highest BCUT2D eigenvalue weighted by molar-refractivity contribution is 8.16. The lowest BCUT2D eigenvalue weighted by Gasteiger charge is -2.37. The zero-order valence-corrected chi connectivity index (χ0v) is 19.5. The van der Waals surface area contributed by atoms with Gasteiger partial charge in [-0.1, -0.05) is 36.0 Å². The van der Waals surface area contributed by atoms with Crippen LogP contribution in [-0.4, -0.2) is 47.8 Å². The van der Waals surface area contributed by atoms with Crippen molar-refractivity contribution in [3.8, 4) is 0 Å². The van der Waals surface area contributed by atoms with Gasteiger partial charge in [0.15, 0.2) is 5.17 Å². The summed E-state index contributed by atoms with van der Waals surface area (Å²) in [6.45, 7) is 7.23. The minimum Gasteiger partial charge on any atom is -0.463 e. The van der Waals surface area contributed by atoms with E-state index < -0.39 is 6.04 Å². The van der Waals surface area contributed by atoms with Gasteiger partial charge in [0.2, 0.25) is 5.91 Å². The normalized spacial score (nSPS) is 22.4. The van der Waals surface area contributed by atoms with E-state index in [0.717, 1.165) is 41.4 Å². The Morgan fingerprint density at radius 3 is 2.84 bits per heavy atom. The molecule has 1 N–H and O–H groups in total. The Kier molecular flexibility index (Phi) is 7.01. The monoisotopic (exact) mass is 455 g/mol.